The molecular formula is C10H34. The Kier molecular flexibility index (Phi) is 74.6. The summed E-state index contributed by atoms with van der Waals surface area (Å²) in [5, 5.41) is 0. The Labute approximate surface area is 73.0 Å². The molecule has 0 rings (SSSR count). The third-order valence-corrected chi connectivity index (χ3v) is 1.39. The van der Waals surface area contributed by atoms with Crippen molar-refractivity contribution in [2.75, 3.05) is 0 Å². The Morgan fingerprint density at radius 1 is 0.900 bits per heavy atom. The monoisotopic (exact) mass is 154 g/mol. The molecule has 0 radical (unpaired) electrons. The highest BCUT2D eigenvalue weighted by atomic mass is 13.9. The van der Waals surface area contributed by atoms with Gasteiger partial charge in [-0.25, -0.2) is 0 Å². The largest absolute Gasteiger partial charge is 0.0776 e. The van der Waals surface area contributed by atoms with E-state index in [1.165, 1.54) is 12.8 Å². The quantitative estimate of drug-likeness (QED) is 0.494. The van der Waals surface area contributed by atoms with Crippen molar-refractivity contribution < 1.29 is 2.85 Å². The molecule has 10 heavy (non-hydrogen) atoms. The van der Waals surface area contributed by atoms with E-state index in [1.54, 1.807) is 0 Å². The molecule has 0 aromatic heterocycles. The summed E-state index contributed by atoms with van der Waals surface area (Å²) in [5.74, 6) is 0.935. The maximum Gasteiger partial charge on any atom is 0 e. The molecule has 0 aliphatic carbocycles. The fraction of sp³-hybridized carbons (Fsp3) is 1.00. The van der Waals surface area contributed by atoms with Crippen LogP contribution in [-0.4, -0.2) is 0 Å². The molecule has 0 amide bonds. The lowest BCUT2D eigenvalue weighted by molar-refractivity contribution is 0.544. The Hall–Kier alpha value is 0. The first-order chi connectivity index (χ1) is 2.81. The van der Waals surface area contributed by atoms with E-state index < -0.39 is 0 Å². The summed E-state index contributed by atoms with van der Waals surface area (Å²) in [6, 6.07) is 0. The van der Waals surface area contributed by atoms with Gasteiger partial charge in [-0.15, -0.1) is 0 Å². The predicted octanol–water partition coefficient (Wildman–Crippen LogP) is 5.48. The summed E-state index contributed by atoms with van der Waals surface area (Å²) in [5.41, 5.74) is 0. The number of hydrogen-bond acceptors (Lipinski definition) is 0. The van der Waals surface area contributed by atoms with E-state index in [1.807, 2.05) is 0 Å². The van der Waals surface area contributed by atoms with Crippen LogP contribution >= 0.6 is 0 Å². The second-order valence-electron chi connectivity index (χ2n) is 1.92. The summed E-state index contributed by atoms with van der Waals surface area (Å²) in [7, 11) is 0. The van der Waals surface area contributed by atoms with Crippen LogP contribution in [0.5, 0.6) is 0 Å². The molecule has 0 fully saturated rings. The third kappa shape index (κ3) is 24.5. The highest BCUT2D eigenvalue weighted by molar-refractivity contribution is 4.41. The molecule has 0 aromatic carbocycles. The number of hydrogen-bond donors (Lipinski definition) is 0. The van der Waals surface area contributed by atoms with Crippen LogP contribution in [0, 0.1) is 5.92 Å². The van der Waals surface area contributed by atoms with Crippen LogP contribution in [0.25, 0.3) is 0 Å². The van der Waals surface area contributed by atoms with E-state index in [-0.39, 0.29) is 32.6 Å². The van der Waals surface area contributed by atoms with Crippen LogP contribution < -0.4 is 0 Å². The highest BCUT2D eigenvalue weighted by Gasteiger charge is 1.88. The van der Waals surface area contributed by atoms with Gasteiger partial charge in [-0.05, 0) is 5.92 Å². The first-order valence-electron chi connectivity index (χ1n) is 2.81. The molecule has 0 saturated heterocycles. The van der Waals surface area contributed by atoms with Crippen LogP contribution in [0.2, 0.25) is 0 Å². The average Bonchev–Trinajstić information content (AvgIpc) is 1.65. The van der Waals surface area contributed by atoms with E-state index in [0.717, 1.165) is 5.92 Å². The molecule has 0 unspecified atom stereocenters. The topological polar surface area (TPSA) is 0 Å². The van der Waals surface area contributed by atoms with Gasteiger partial charge >= 0.3 is 0 Å². The molecule has 0 spiro atoms. The van der Waals surface area contributed by atoms with Crippen molar-refractivity contribution in [3.63, 3.8) is 0 Å². The maximum absolute atomic E-state index is 2.28. The summed E-state index contributed by atoms with van der Waals surface area (Å²) in [6.07, 6.45) is 2.66. The molecule has 0 aliphatic rings. The molecular weight excluding hydrogens is 120 g/mol. The van der Waals surface area contributed by atoms with Gasteiger partial charge in [0.15, 0.2) is 0 Å². The van der Waals surface area contributed by atoms with Crippen molar-refractivity contribution in [1.29, 1.82) is 0 Å². The van der Waals surface area contributed by atoms with Crippen molar-refractivity contribution in [2.45, 2.75) is 63.3 Å². The van der Waals surface area contributed by atoms with Crippen molar-refractivity contribution >= 4 is 0 Å². The van der Waals surface area contributed by atoms with Gasteiger partial charge < -0.3 is 0 Å². The zero-order chi connectivity index (χ0) is 4.99. The standard InChI is InChI=1S/C6H14.4CH4.2H2/c1-4-6(3)5-2;;;;;;/h6H,4-5H2,1-3H3;4*1H4;2*1H. The molecule has 0 heterocycles. The van der Waals surface area contributed by atoms with Crippen molar-refractivity contribution in [3.8, 4) is 0 Å². The Balaban J connectivity index is -0.00000000833. The summed E-state index contributed by atoms with van der Waals surface area (Å²) in [4.78, 5) is 0. The molecule has 0 bridgehead atoms. The van der Waals surface area contributed by atoms with E-state index >= 15 is 0 Å². The SMILES string of the molecule is C.C.C.C.CCC(C)CC.[HH].[HH]. The van der Waals surface area contributed by atoms with Crippen molar-refractivity contribution in [2.24, 2.45) is 5.92 Å². The Morgan fingerprint density at radius 3 is 1.10 bits per heavy atom. The first-order valence-corrected chi connectivity index (χ1v) is 2.81. The van der Waals surface area contributed by atoms with Gasteiger partial charge in [0.1, 0.15) is 0 Å². The van der Waals surface area contributed by atoms with E-state index in [2.05, 4.69) is 20.8 Å². The minimum absolute atomic E-state index is 0. The van der Waals surface area contributed by atoms with Crippen LogP contribution in [0.15, 0.2) is 0 Å². The lowest BCUT2D eigenvalue weighted by Gasteiger charge is -1.98. The van der Waals surface area contributed by atoms with Gasteiger partial charge in [0, 0.05) is 2.85 Å². The van der Waals surface area contributed by atoms with Gasteiger partial charge in [-0.1, -0.05) is 63.3 Å². The molecule has 0 atom stereocenters. The Bertz CT molecular complexity index is 27.0. The fourth-order valence-corrected chi connectivity index (χ4v) is 0.289. The molecule has 0 heteroatoms. The van der Waals surface area contributed by atoms with E-state index in [9.17, 15) is 0 Å². The van der Waals surface area contributed by atoms with Crippen LogP contribution in [0.1, 0.15) is 66.2 Å². The summed E-state index contributed by atoms with van der Waals surface area (Å²) >= 11 is 0. The van der Waals surface area contributed by atoms with E-state index in [0.29, 0.717) is 0 Å². The van der Waals surface area contributed by atoms with Crippen LogP contribution in [0.4, 0.5) is 0 Å². The second kappa shape index (κ2) is 23.0. The molecule has 0 aliphatic heterocycles. The van der Waals surface area contributed by atoms with Gasteiger partial charge in [0.2, 0.25) is 0 Å². The van der Waals surface area contributed by atoms with E-state index in [4.69, 9.17) is 0 Å². The van der Waals surface area contributed by atoms with Gasteiger partial charge in [-0.3, -0.25) is 0 Å². The maximum atomic E-state index is 2.28. The minimum Gasteiger partial charge on any atom is -0.0776 e. The normalized spacial score (nSPS) is 6.00. The summed E-state index contributed by atoms with van der Waals surface area (Å²) < 4.78 is 0. The van der Waals surface area contributed by atoms with Crippen molar-refractivity contribution in [3.05, 3.63) is 0 Å². The zero-order valence-electron chi connectivity index (χ0n) is 4.99. The lowest BCUT2D eigenvalue weighted by atomic mass is 10.1. The molecule has 0 saturated carbocycles. The molecule has 0 nitrogen and oxygen atoms in total. The van der Waals surface area contributed by atoms with Crippen LogP contribution in [-0.2, 0) is 0 Å². The van der Waals surface area contributed by atoms with Gasteiger partial charge in [0.25, 0.3) is 0 Å². The molecule has 0 N–H and O–H groups in total. The molecule has 74 valence electrons. The van der Waals surface area contributed by atoms with Gasteiger partial charge in [0.05, 0.1) is 0 Å². The average molecular weight is 154 g/mol. The summed E-state index contributed by atoms with van der Waals surface area (Å²) in [6.45, 7) is 6.74. The van der Waals surface area contributed by atoms with Gasteiger partial charge in [-0.2, -0.15) is 0 Å². The zero-order valence-corrected chi connectivity index (χ0v) is 4.99. The lowest BCUT2D eigenvalue weighted by Crippen LogP contribution is -1.85. The molecule has 0 aromatic rings. The first kappa shape index (κ1) is 32.4. The second-order valence-corrected chi connectivity index (χ2v) is 1.92. The van der Waals surface area contributed by atoms with Crippen molar-refractivity contribution in [1.82, 2.24) is 0 Å². The minimum atomic E-state index is 0. The predicted molar refractivity (Wildman–Crippen MR) is 60.9 cm³/mol. The number of rotatable bonds is 2. The van der Waals surface area contributed by atoms with Crippen LogP contribution in [0.3, 0.4) is 0 Å². The highest BCUT2D eigenvalue weighted by Crippen LogP contribution is 2.02. The fourth-order valence-electron chi connectivity index (χ4n) is 0.289. The smallest absolute Gasteiger partial charge is 0 e. The Morgan fingerprint density at radius 2 is 1.10 bits per heavy atom. The third-order valence-electron chi connectivity index (χ3n) is 1.39.